The number of thiocarbonyl (C=S) groups is 1. The summed E-state index contributed by atoms with van der Waals surface area (Å²) in [5, 5.41) is 0. The van der Waals surface area contributed by atoms with Crippen LogP contribution in [0.1, 0.15) is 5.56 Å². The van der Waals surface area contributed by atoms with Gasteiger partial charge in [-0.3, -0.25) is 4.79 Å². The zero-order valence-corrected chi connectivity index (χ0v) is 12.2. The molecule has 4 nitrogen and oxygen atoms in total. The summed E-state index contributed by atoms with van der Waals surface area (Å²) in [4.78, 5) is 13.3. The molecule has 98 valence electrons. The maximum absolute atomic E-state index is 11.4. The molecule has 0 radical (unpaired) electrons. The number of carbonyl (C=O) groups is 1. The van der Waals surface area contributed by atoms with Crippen LogP contribution in [0.2, 0.25) is 0 Å². The molecule has 0 aromatic heterocycles. The summed E-state index contributed by atoms with van der Waals surface area (Å²) < 4.78 is 10.0. The fraction of sp³-hybridized carbons (Fsp3) is 0.333. The van der Waals surface area contributed by atoms with Gasteiger partial charge in [-0.2, -0.15) is 0 Å². The van der Waals surface area contributed by atoms with Crippen LogP contribution in [0.15, 0.2) is 18.2 Å². The molecule has 1 aromatic rings. The summed E-state index contributed by atoms with van der Waals surface area (Å²) in [6, 6.07) is 5.40. The van der Waals surface area contributed by atoms with Gasteiger partial charge in [0.1, 0.15) is 5.75 Å². The summed E-state index contributed by atoms with van der Waals surface area (Å²) in [6.07, 6.45) is 0.181. The predicted octanol–water partition coefficient (Wildman–Crippen LogP) is 2.06. The minimum Gasteiger partial charge on any atom is -0.469 e. The van der Waals surface area contributed by atoms with Crippen molar-refractivity contribution in [2.45, 2.75) is 6.42 Å². The highest BCUT2D eigenvalue weighted by Crippen LogP contribution is 2.25. The topological polar surface area (TPSA) is 38.8 Å². The molecule has 0 aliphatic rings. The number of benzene rings is 1. The molecule has 0 saturated heterocycles. The lowest BCUT2D eigenvalue weighted by Gasteiger charge is -2.18. The predicted molar refractivity (Wildman–Crippen MR) is 78.7 cm³/mol. The third kappa shape index (κ3) is 4.19. The summed E-state index contributed by atoms with van der Waals surface area (Å²) in [7, 11) is 5.17. The van der Waals surface area contributed by atoms with Crippen LogP contribution >= 0.6 is 24.8 Å². The first-order chi connectivity index (χ1) is 8.43. The Labute approximate surface area is 117 Å². The van der Waals surface area contributed by atoms with Gasteiger partial charge in [-0.05, 0) is 36.0 Å². The van der Waals surface area contributed by atoms with Crippen molar-refractivity contribution >= 4 is 40.9 Å². The van der Waals surface area contributed by atoms with E-state index in [-0.39, 0.29) is 16.8 Å². The third-order valence-corrected chi connectivity index (χ3v) is 2.48. The van der Waals surface area contributed by atoms with Gasteiger partial charge in [0.2, 0.25) is 4.38 Å². The van der Waals surface area contributed by atoms with Crippen LogP contribution in [0.5, 0.6) is 5.75 Å². The number of carbonyl (C=O) groups excluding carboxylic acids is 1. The highest BCUT2D eigenvalue weighted by atomic mass is 32.1. The zero-order valence-electron chi connectivity index (χ0n) is 10.5. The largest absolute Gasteiger partial charge is 0.469 e. The van der Waals surface area contributed by atoms with Gasteiger partial charge in [0.25, 0.3) is 0 Å². The Morgan fingerprint density at radius 3 is 2.61 bits per heavy atom. The Morgan fingerprint density at radius 1 is 1.44 bits per heavy atom. The Morgan fingerprint density at radius 2 is 2.11 bits per heavy atom. The van der Waals surface area contributed by atoms with E-state index < -0.39 is 0 Å². The first-order valence-electron chi connectivity index (χ1n) is 5.22. The fourth-order valence-corrected chi connectivity index (χ4v) is 1.73. The van der Waals surface area contributed by atoms with E-state index in [1.54, 1.807) is 12.1 Å². The third-order valence-electron chi connectivity index (χ3n) is 2.30. The smallest absolute Gasteiger partial charge is 0.310 e. The lowest BCUT2D eigenvalue weighted by atomic mass is 10.1. The molecular weight excluding hydrogens is 270 g/mol. The van der Waals surface area contributed by atoms with Gasteiger partial charge in [0, 0.05) is 19.8 Å². The van der Waals surface area contributed by atoms with Gasteiger partial charge in [0.15, 0.2) is 0 Å². The molecule has 0 heterocycles. The second kappa shape index (κ2) is 6.61. The number of hydrogen-bond donors (Lipinski definition) is 1. The van der Waals surface area contributed by atoms with Crippen LogP contribution in [0.25, 0.3) is 0 Å². The van der Waals surface area contributed by atoms with Gasteiger partial charge < -0.3 is 14.4 Å². The van der Waals surface area contributed by atoms with Crippen molar-refractivity contribution < 1.29 is 14.3 Å². The van der Waals surface area contributed by atoms with Crippen molar-refractivity contribution in [1.82, 2.24) is 0 Å². The van der Waals surface area contributed by atoms with Crippen molar-refractivity contribution in [2.24, 2.45) is 0 Å². The van der Waals surface area contributed by atoms with Gasteiger partial charge >= 0.3 is 5.97 Å². The summed E-state index contributed by atoms with van der Waals surface area (Å²) in [5.41, 5.74) is 1.74. The number of esters is 1. The number of methoxy groups -OCH3 is 1. The molecule has 0 aliphatic carbocycles. The van der Waals surface area contributed by atoms with Crippen molar-refractivity contribution in [2.75, 3.05) is 26.1 Å². The molecule has 0 atom stereocenters. The number of nitrogens with zero attached hydrogens (tertiary/aromatic N) is 1. The molecule has 6 heteroatoms. The monoisotopic (exact) mass is 285 g/mol. The normalized spacial score (nSPS) is 9.78. The minimum absolute atomic E-state index is 0.136. The van der Waals surface area contributed by atoms with Crippen LogP contribution in [0, 0.1) is 0 Å². The number of thiol groups is 1. The van der Waals surface area contributed by atoms with E-state index in [4.69, 9.17) is 17.0 Å². The highest BCUT2D eigenvalue weighted by molar-refractivity contribution is 8.10. The standard InChI is InChI=1S/C12H15NO3S2/c1-13(2)10-5-4-9(16-12(17)18)6-8(10)7-11(14)15-3/h4-6H,7H2,1-3H3,(H,17,18). The van der Waals surface area contributed by atoms with Crippen molar-refractivity contribution in [1.29, 1.82) is 0 Å². The van der Waals surface area contributed by atoms with Crippen LogP contribution in [-0.2, 0) is 16.0 Å². The molecule has 1 aromatic carbocycles. The van der Waals surface area contributed by atoms with Crippen LogP contribution < -0.4 is 9.64 Å². The average molecular weight is 285 g/mol. The minimum atomic E-state index is -0.302. The Bertz CT molecular complexity index is 461. The molecule has 0 aliphatic heterocycles. The van der Waals surface area contributed by atoms with E-state index in [0.717, 1.165) is 11.3 Å². The van der Waals surface area contributed by atoms with Gasteiger partial charge in [-0.15, -0.1) is 0 Å². The molecule has 1 rings (SSSR count). The maximum atomic E-state index is 11.4. The van der Waals surface area contributed by atoms with Crippen LogP contribution in [-0.4, -0.2) is 31.6 Å². The number of hydrogen-bond acceptors (Lipinski definition) is 5. The number of anilines is 1. The Hall–Kier alpha value is -1.27. The maximum Gasteiger partial charge on any atom is 0.310 e. The van der Waals surface area contributed by atoms with Gasteiger partial charge in [-0.25, -0.2) is 0 Å². The van der Waals surface area contributed by atoms with E-state index >= 15 is 0 Å². The quantitative estimate of drug-likeness (QED) is 0.521. The van der Waals surface area contributed by atoms with E-state index in [0.29, 0.717) is 5.75 Å². The molecule has 0 saturated carbocycles. The number of ether oxygens (including phenoxy) is 2. The number of rotatable bonds is 4. The van der Waals surface area contributed by atoms with E-state index in [9.17, 15) is 4.79 Å². The molecule has 0 amide bonds. The molecule has 0 bridgehead atoms. The first-order valence-corrected chi connectivity index (χ1v) is 6.07. The zero-order chi connectivity index (χ0) is 13.7. The van der Waals surface area contributed by atoms with Gasteiger partial charge in [0.05, 0.1) is 13.5 Å². The molecular formula is C12H15NO3S2. The van der Waals surface area contributed by atoms with E-state index in [1.807, 2.05) is 25.1 Å². The summed E-state index contributed by atoms with van der Waals surface area (Å²) in [5.74, 6) is 0.253. The Kier molecular flexibility index (Phi) is 5.43. The first kappa shape index (κ1) is 14.8. The molecule has 0 N–H and O–H groups in total. The molecule has 0 fully saturated rings. The van der Waals surface area contributed by atoms with Crippen molar-refractivity contribution in [3.8, 4) is 5.75 Å². The molecule has 0 spiro atoms. The van der Waals surface area contributed by atoms with Crippen molar-refractivity contribution in [3.63, 3.8) is 0 Å². The van der Waals surface area contributed by atoms with Crippen LogP contribution in [0.3, 0.4) is 0 Å². The highest BCUT2D eigenvalue weighted by Gasteiger charge is 2.11. The van der Waals surface area contributed by atoms with E-state index in [2.05, 4.69) is 17.4 Å². The Balaban J connectivity index is 3.07. The summed E-state index contributed by atoms with van der Waals surface area (Å²) >= 11 is 8.66. The average Bonchev–Trinajstić information content (AvgIpc) is 2.27. The molecule has 18 heavy (non-hydrogen) atoms. The second-order valence-electron chi connectivity index (χ2n) is 3.81. The van der Waals surface area contributed by atoms with E-state index in [1.165, 1.54) is 7.11 Å². The fourth-order valence-electron chi connectivity index (χ4n) is 1.53. The molecule has 0 unspecified atom stereocenters. The van der Waals surface area contributed by atoms with Gasteiger partial charge in [-0.1, -0.05) is 12.6 Å². The summed E-state index contributed by atoms with van der Waals surface area (Å²) in [6.45, 7) is 0. The lowest BCUT2D eigenvalue weighted by Crippen LogP contribution is -2.14. The second-order valence-corrected chi connectivity index (χ2v) is 4.89. The van der Waals surface area contributed by atoms with Crippen molar-refractivity contribution in [3.05, 3.63) is 23.8 Å². The van der Waals surface area contributed by atoms with Crippen LogP contribution in [0.4, 0.5) is 5.69 Å². The lowest BCUT2D eigenvalue weighted by molar-refractivity contribution is -0.139. The SMILES string of the molecule is COC(=O)Cc1cc(OC(=S)S)ccc1N(C)C.